The molecule has 5 N–H and O–H groups in total. The highest BCUT2D eigenvalue weighted by Gasteiger charge is 2.08. The van der Waals surface area contributed by atoms with Crippen molar-refractivity contribution in [2.75, 3.05) is 5.32 Å². The molecule has 0 atom stereocenters. The molecule has 0 bridgehead atoms. The summed E-state index contributed by atoms with van der Waals surface area (Å²) in [5, 5.41) is 2.75. The first-order valence-corrected chi connectivity index (χ1v) is 7.79. The maximum atomic E-state index is 12.3. The molecule has 1 amide bonds. The third-order valence-corrected chi connectivity index (χ3v) is 3.16. The van der Waals surface area contributed by atoms with Crippen molar-refractivity contribution in [3.8, 4) is 5.75 Å². The summed E-state index contributed by atoms with van der Waals surface area (Å²) in [6, 6.07) is 13.2. The van der Waals surface area contributed by atoms with Gasteiger partial charge in [-0.05, 0) is 48.9 Å². The number of amides is 1. The van der Waals surface area contributed by atoms with Gasteiger partial charge in [0, 0.05) is 17.7 Å². The predicted molar refractivity (Wildman–Crippen MR) is 96.9 cm³/mol. The van der Waals surface area contributed by atoms with Gasteiger partial charge in [0.1, 0.15) is 5.75 Å². The molecule has 0 saturated heterocycles. The van der Waals surface area contributed by atoms with Crippen molar-refractivity contribution in [1.29, 1.82) is 0 Å². The van der Waals surface area contributed by atoms with Gasteiger partial charge in [-0.2, -0.15) is 0 Å². The minimum absolute atomic E-state index is 0.0780. The number of carbonyl (C=O) groups excluding carboxylic acids is 2. The summed E-state index contributed by atoms with van der Waals surface area (Å²) in [6.07, 6.45) is 1.09. The van der Waals surface area contributed by atoms with E-state index in [0.29, 0.717) is 29.1 Å². The average molecular weight is 340 g/mol. The van der Waals surface area contributed by atoms with Crippen LogP contribution in [0.4, 0.5) is 11.4 Å². The molecule has 0 spiro atoms. The molecule has 25 heavy (non-hydrogen) atoms. The van der Waals surface area contributed by atoms with Crippen LogP contribution in [-0.2, 0) is 4.79 Å². The summed E-state index contributed by atoms with van der Waals surface area (Å²) in [5.41, 5.74) is 12.2. The van der Waals surface area contributed by atoms with Gasteiger partial charge in [0.2, 0.25) is 0 Å². The Kier molecular flexibility index (Phi) is 6.11. The zero-order valence-electron chi connectivity index (χ0n) is 13.9. The van der Waals surface area contributed by atoms with Crippen molar-refractivity contribution in [2.45, 2.75) is 19.8 Å². The predicted octanol–water partition coefficient (Wildman–Crippen LogP) is 2.55. The summed E-state index contributed by atoms with van der Waals surface area (Å²) in [6.45, 7) is 1.90. The fourth-order valence-electron chi connectivity index (χ4n) is 2.06. The Morgan fingerprint density at radius 2 is 1.84 bits per heavy atom. The molecule has 2 rings (SSSR count). The first kappa shape index (κ1) is 18.0. The maximum Gasteiger partial charge on any atom is 0.311 e. The van der Waals surface area contributed by atoms with Crippen LogP contribution in [0.3, 0.4) is 0 Å². The molecule has 130 valence electrons. The standard InChI is InChI=1S/C18H20N4O3/c1-2-4-16(23)25-15-9-7-13(8-10-15)21-17(24)12-5-3-6-14(11-12)22-18(19)20/h3,5-11H,2,4H2,1H3,(H,21,24)(H4,19,20,22). The Hall–Kier alpha value is -3.35. The van der Waals surface area contributed by atoms with Crippen LogP contribution in [0.1, 0.15) is 30.1 Å². The lowest BCUT2D eigenvalue weighted by atomic mass is 10.2. The largest absolute Gasteiger partial charge is 0.427 e. The first-order valence-electron chi connectivity index (χ1n) is 7.79. The minimum Gasteiger partial charge on any atom is -0.427 e. The molecule has 0 aliphatic heterocycles. The Morgan fingerprint density at radius 3 is 2.48 bits per heavy atom. The summed E-state index contributed by atoms with van der Waals surface area (Å²) in [4.78, 5) is 27.6. The average Bonchev–Trinajstić information content (AvgIpc) is 2.56. The molecule has 0 aliphatic rings. The van der Waals surface area contributed by atoms with Crippen molar-refractivity contribution in [3.05, 3.63) is 54.1 Å². The zero-order valence-corrected chi connectivity index (χ0v) is 13.9. The van der Waals surface area contributed by atoms with Crippen LogP contribution < -0.4 is 21.5 Å². The molecule has 2 aromatic carbocycles. The molecular formula is C18H20N4O3. The number of nitrogens with zero attached hydrogens (tertiary/aromatic N) is 1. The molecule has 0 aromatic heterocycles. The molecule has 2 aromatic rings. The normalized spacial score (nSPS) is 9.96. The highest BCUT2D eigenvalue weighted by Crippen LogP contribution is 2.19. The van der Waals surface area contributed by atoms with Crippen LogP contribution in [-0.4, -0.2) is 17.8 Å². The number of guanidine groups is 1. The Labute approximate surface area is 145 Å². The maximum absolute atomic E-state index is 12.3. The Bertz CT molecular complexity index is 781. The van der Waals surface area contributed by atoms with Crippen molar-refractivity contribution in [2.24, 2.45) is 16.5 Å². The number of hydrogen-bond donors (Lipinski definition) is 3. The van der Waals surface area contributed by atoms with Crippen molar-refractivity contribution < 1.29 is 14.3 Å². The number of ether oxygens (including phenoxy) is 1. The number of hydrogen-bond acceptors (Lipinski definition) is 4. The van der Waals surface area contributed by atoms with Gasteiger partial charge in [0.05, 0.1) is 5.69 Å². The molecule has 0 aliphatic carbocycles. The topological polar surface area (TPSA) is 120 Å². The Morgan fingerprint density at radius 1 is 1.12 bits per heavy atom. The van der Waals surface area contributed by atoms with Crippen LogP contribution in [0, 0.1) is 0 Å². The first-order chi connectivity index (χ1) is 12.0. The van der Waals surface area contributed by atoms with Crippen molar-refractivity contribution in [3.63, 3.8) is 0 Å². The number of carbonyl (C=O) groups is 2. The van der Waals surface area contributed by atoms with Gasteiger partial charge in [-0.15, -0.1) is 0 Å². The van der Waals surface area contributed by atoms with E-state index in [2.05, 4.69) is 10.3 Å². The summed E-state index contributed by atoms with van der Waals surface area (Å²) in [5.74, 6) is -0.226. The molecule has 0 radical (unpaired) electrons. The highest BCUT2D eigenvalue weighted by molar-refractivity contribution is 6.04. The molecule has 7 nitrogen and oxygen atoms in total. The van der Waals surface area contributed by atoms with Gasteiger partial charge in [-0.1, -0.05) is 13.0 Å². The van der Waals surface area contributed by atoms with Gasteiger partial charge >= 0.3 is 5.97 Å². The van der Waals surface area contributed by atoms with E-state index in [1.54, 1.807) is 48.5 Å². The lowest BCUT2D eigenvalue weighted by Crippen LogP contribution is -2.21. The Balaban J connectivity index is 2.03. The lowest BCUT2D eigenvalue weighted by Gasteiger charge is -2.08. The number of anilines is 1. The van der Waals surface area contributed by atoms with E-state index in [1.807, 2.05) is 6.92 Å². The number of nitrogens with two attached hydrogens (primary N) is 2. The van der Waals surface area contributed by atoms with Crippen LogP contribution in [0.2, 0.25) is 0 Å². The summed E-state index contributed by atoms with van der Waals surface area (Å²) < 4.78 is 5.16. The van der Waals surface area contributed by atoms with Crippen molar-refractivity contribution in [1.82, 2.24) is 0 Å². The molecule has 7 heteroatoms. The molecule has 0 fully saturated rings. The second kappa shape index (κ2) is 8.49. The van der Waals surface area contributed by atoms with E-state index in [4.69, 9.17) is 16.2 Å². The second-order valence-corrected chi connectivity index (χ2v) is 5.29. The molecule has 0 unspecified atom stereocenters. The van der Waals surface area contributed by atoms with E-state index in [9.17, 15) is 9.59 Å². The van der Waals surface area contributed by atoms with Gasteiger partial charge < -0.3 is 21.5 Å². The molecule has 0 heterocycles. The number of esters is 1. The van der Waals surface area contributed by atoms with Crippen molar-refractivity contribution >= 4 is 29.2 Å². The van der Waals surface area contributed by atoms with Crippen LogP contribution in [0.25, 0.3) is 0 Å². The number of benzene rings is 2. The smallest absolute Gasteiger partial charge is 0.311 e. The van der Waals surface area contributed by atoms with E-state index in [-0.39, 0.29) is 17.8 Å². The second-order valence-electron chi connectivity index (χ2n) is 5.29. The molecule has 0 saturated carbocycles. The summed E-state index contributed by atoms with van der Waals surface area (Å²) in [7, 11) is 0. The SMILES string of the molecule is CCCC(=O)Oc1ccc(NC(=O)c2cccc(N=C(N)N)c2)cc1. The third kappa shape index (κ3) is 5.65. The van der Waals surface area contributed by atoms with Gasteiger partial charge in [-0.25, -0.2) is 4.99 Å². The van der Waals surface area contributed by atoms with Gasteiger partial charge in [0.15, 0.2) is 5.96 Å². The van der Waals surface area contributed by atoms with Crippen LogP contribution in [0.15, 0.2) is 53.5 Å². The van der Waals surface area contributed by atoms with E-state index >= 15 is 0 Å². The number of rotatable bonds is 6. The minimum atomic E-state index is -0.302. The van der Waals surface area contributed by atoms with E-state index in [1.165, 1.54) is 0 Å². The van der Waals surface area contributed by atoms with Gasteiger partial charge in [-0.3, -0.25) is 9.59 Å². The number of aliphatic imine (C=N–C) groups is 1. The lowest BCUT2D eigenvalue weighted by molar-refractivity contribution is -0.134. The highest BCUT2D eigenvalue weighted by atomic mass is 16.5. The number of nitrogens with one attached hydrogen (secondary N) is 1. The summed E-state index contributed by atoms with van der Waals surface area (Å²) >= 11 is 0. The van der Waals surface area contributed by atoms with E-state index in [0.717, 1.165) is 6.42 Å². The quantitative estimate of drug-likeness (QED) is 0.323. The fraction of sp³-hybridized carbons (Fsp3) is 0.167. The van der Waals surface area contributed by atoms with Crippen LogP contribution in [0.5, 0.6) is 5.75 Å². The van der Waals surface area contributed by atoms with Crippen LogP contribution >= 0.6 is 0 Å². The molecular weight excluding hydrogens is 320 g/mol. The third-order valence-electron chi connectivity index (χ3n) is 3.16. The fourth-order valence-corrected chi connectivity index (χ4v) is 2.06. The van der Waals surface area contributed by atoms with E-state index < -0.39 is 0 Å². The monoisotopic (exact) mass is 340 g/mol. The van der Waals surface area contributed by atoms with Gasteiger partial charge in [0.25, 0.3) is 5.91 Å². The zero-order chi connectivity index (χ0) is 18.2.